The molecule has 5 aromatic rings. The summed E-state index contributed by atoms with van der Waals surface area (Å²) in [5, 5.41) is 23.0. The molecule has 0 atom stereocenters. The molecule has 0 aliphatic carbocycles. The normalized spacial score (nSPS) is 12.6. The van der Waals surface area contributed by atoms with Crippen LogP contribution in [0.5, 0.6) is 23.0 Å². The average Bonchev–Trinajstić information content (AvgIpc) is 3.31. The third kappa shape index (κ3) is 2.89. The molecule has 4 N–H and O–H groups in total. The highest BCUT2D eigenvalue weighted by Crippen LogP contribution is 2.43. The number of aromatic hydroxyl groups is 2. The summed E-state index contributed by atoms with van der Waals surface area (Å²) in [6, 6.07) is 11.3. The molecule has 0 saturated carbocycles. The van der Waals surface area contributed by atoms with E-state index >= 15 is 0 Å². The summed E-state index contributed by atoms with van der Waals surface area (Å²) < 4.78 is 10.9. The molecule has 0 spiro atoms. The molecule has 6 rings (SSSR count). The number of hydrogen-bond acceptors (Lipinski definition) is 8. The number of nitrogens with zero attached hydrogens (tertiary/aromatic N) is 2. The number of rotatable bonds is 3. The second kappa shape index (κ2) is 7.34. The Balaban J connectivity index is 1.72. The minimum absolute atomic E-state index is 0.0322. The fourth-order valence-electron chi connectivity index (χ4n) is 4.35. The van der Waals surface area contributed by atoms with E-state index in [1.165, 1.54) is 12.4 Å². The van der Waals surface area contributed by atoms with Crippen LogP contribution in [0.2, 0.25) is 0 Å². The highest BCUT2D eigenvalue weighted by molar-refractivity contribution is 5.85. The van der Waals surface area contributed by atoms with Crippen LogP contribution in [0, 0.1) is 0 Å². The first-order chi connectivity index (χ1) is 16.5. The van der Waals surface area contributed by atoms with Crippen molar-refractivity contribution in [3.8, 4) is 23.0 Å². The van der Waals surface area contributed by atoms with Gasteiger partial charge in [-0.3, -0.25) is 9.59 Å². The topological polar surface area (TPSA) is 150 Å². The molecule has 5 heterocycles. The smallest absolute Gasteiger partial charge is 0.257 e. The predicted octanol–water partition coefficient (Wildman–Crippen LogP) is 2.48. The van der Waals surface area contributed by atoms with Crippen molar-refractivity contribution < 1.29 is 19.7 Å². The van der Waals surface area contributed by atoms with Gasteiger partial charge in [0, 0.05) is 12.4 Å². The van der Waals surface area contributed by atoms with Gasteiger partial charge in [-0.2, -0.15) is 0 Å². The molecule has 10 nitrogen and oxygen atoms in total. The van der Waals surface area contributed by atoms with Gasteiger partial charge in [-0.25, -0.2) is 9.97 Å². The second-order valence-corrected chi connectivity index (χ2v) is 7.78. The van der Waals surface area contributed by atoms with Gasteiger partial charge in [0.2, 0.25) is 6.79 Å². The van der Waals surface area contributed by atoms with Crippen LogP contribution in [-0.2, 0) is 0 Å². The molecule has 1 aromatic carbocycles. The van der Waals surface area contributed by atoms with Crippen molar-refractivity contribution in [1.29, 1.82) is 0 Å². The fourth-order valence-corrected chi connectivity index (χ4v) is 4.35. The first-order valence-electron chi connectivity index (χ1n) is 10.3. The minimum Gasteiger partial charge on any atom is -0.507 e. The van der Waals surface area contributed by atoms with Crippen molar-refractivity contribution in [2.45, 2.75) is 5.92 Å². The SMILES string of the molecule is O=c1[nH]c2ncccc2c(O)c1C(c1ccc2c(c1)OCO2)c1c(O)c2cccnc2[nH]c1=O. The van der Waals surface area contributed by atoms with E-state index in [-0.39, 0.29) is 40.7 Å². The minimum atomic E-state index is -1.16. The molecule has 0 fully saturated rings. The van der Waals surface area contributed by atoms with Gasteiger partial charge in [-0.15, -0.1) is 0 Å². The van der Waals surface area contributed by atoms with Crippen LogP contribution in [-0.4, -0.2) is 36.9 Å². The maximum Gasteiger partial charge on any atom is 0.257 e. The number of nitrogens with one attached hydrogen (secondary N) is 2. The van der Waals surface area contributed by atoms with E-state index in [0.29, 0.717) is 27.8 Å². The summed E-state index contributed by atoms with van der Waals surface area (Å²) in [6.45, 7) is 0.0322. The van der Waals surface area contributed by atoms with Crippen LogP contribution in [0.4, 0.5) is 0 Å². The van der Waals surface area contributed by atoms with E-state index in [1.54, 1.807) is 42.5 Å². The van der Waals surface area contributed by atoms with Gasteiger partial charge in [0.25, 0.3) is 11.1 Å². The number of benzene rings is 1. The number of fused-ring (bicyclic) bond motifs is 3. The quantitative estimate of drug-likeness (QED) is 0.323. The maximum atomic E-state index is 13.2. The van der Waals surface area contributed by atoms with Crippen molar-refractivity contribution in [2.75, 3.05) is 6.79 Å². The lowest BCUT2D eigenvalue weighted by Gasteiger charge is -2.20. The molecule has 0 bridgehead atoms. The van der Waals surface area contributed by atoms with Crippen molar-refractivity contribution in [2.24, 2.45) is 0 Å². The third-order valence-electron chi connectivity index (χ3n) is 5.90. The molecule has 4 aromatic heterocycles. The first kappa shape index (κ1) is 19.8. The Morgan fingerprint density at radius 2 is 1.35 bits per heavy atom. The Labute approximate surface area is 190 Å². The van der Waals surface area contributed by atoms with E-state index in [0.717, 1.165) is 0 Å². The standard InChI is InChI=1S/C24H16N4O6/c29-19-12-3-1-7-25-21(12)27-23(31)17(19)16(11-5-6-14-15(9-11)34-10-33-14)18-20(30)13-4-2-8-26-22(13)28-24(18)32/h1-9,16H,10H2,(H2,25,27,29,31)(H2,26,28,30,32). The van der Waals surface area contributed by atoms with E-state index in [4.69, 9.17) is 9.47 Å². The first-order valence-corrected chi connectivity index (χ1v) is 10.3. The molecule has 0 radical (unpaired) electrons. The highest BCUT2D eigenvalue weighted by Gasteiger charge is 2.32. The van der Waals surface area contributed by atoms with Gasteiger partial charge in [-0.1, -0.05) is 6.07 Å². The summed E-state index contributed by atoms with van der Waals surface area (Å²) >= 11 is 0. The summed E-state index contributed by atoms with van der Waals surface area (Å²) in [5.74, 6) is -0.932. The summed E-state index contributed by atoms with van der Waals surface area (Å²) in [6.07, 6.45) is 2.97. The van der Waals surface area contributed by atoms with E-state index in [1.807, 2.05) is 0 Å². The van der Waals surface area contributed by atoms with Crippen molar-refractivity contribution in [3.05, 3.63) is 92.3 Å². The number of pyridine rings is 4. The lowest BCUT2D eigenvalue weighted by Crippen LogP contribution is -2.24. The van der Waals surface area contributed by atoms with E-state index < -0.39 is 17.0 Å². The van der Waals surface area contributed by atoms with Gasteiger partial charge >= 0.3 is 0 Å². The fraction of sp³-hybridized carbons (Fsp3) is 0.0833. The van der Waals surface area contributed by atoms with Crippen LogP contribution >= 0.6 is 0 Å². The molecule has 0 amide bonds. The van der Waals surface area contributed by atoms with Gasteiger partial charge in [-0.05, 0) is 42.0 Å². The largest absolute Gasteiger partial charge is 0.507 e. The van der Waals surface area contributed by atoms with E-state index in [9.17, 15) is 19.8 Å². The molecule has 1 aliphatic rings. The monoisotopic (exact) mass is 456 g/mol. The Bertz CT molecular complexity index is 1630. The number of aromatic amines is 2. The van der Waals surface area contributed by atoms with Crippen molar-refractivity contribution in [1.82, 2.24) is 19.9 Å². The Kier molecular flexibility index (Phi) is 4.27. The summed E-state index contributed by atoms with van der Waals surface area (Å²) in [5.41, 5.74) is -0.741. The predicted molar refractivity (Wildman–Crippen MR) is 122 cm³/mol. The molecule has 0 unspecified atom stereocenters. The number of aromatic nitrogens is 4. The van der Waals surface area contributed by atoms with Gasteiger partial charge in [0.15, 0.2) is 11.5 Å². The van der Waals surface area contributed by atoms with Crippen LogP contribution < -0.4 is 20.6 Å². The highest BCUT2D eigenvalue weighted by atomic mass is 16.7. The molecular formula is C24H16N4O6. The maximum absolute atomic E-state index is 13.2. The number of ether oxygens (including phenoxy) is 2. The third-order valence-corrected chi connectivity index (χ3v) is 5.90. The zero-order chi connectivity index (χ0) is 23.4. The molecule has 10 heteroatoms. The van der Waals surface area contributed by atoms with Crippen LogP contribution in [0.3, 0.4) is 0 Å². The average molecular weight is 456 g/mol. The lowest BCUT2D eigenvalue weighted by molar-refractivity contribution is 0.174. The Morgan fingerprint density at radius 1 is 0.794 bits per heavy atom. The van der Waals surface area contributed by atoms with Gasteiger partial charge in [0.05, 0.1) is 27.8 Å². The molecule has 168 valence electrons. The number of hydrogen-bond donors (Lipinski definition) is 4. The van der Waals surface area contributed by atoms with Crippen molar-refractivity contribution in [3.63, 3.8) is 0 Å². The van der Waals surface area contributed by atoms with Crippen LogP contribution in [0.25, 0.3) is 22.1 Å². The summed E-state index contributed by atoms with van der Waals surface area (Å²) in [4.78, 5) is 40.0. The van der Waals surface area contributed by atoms with Crippen molar-refractivity contribution >= 4 is 22.1 Å². The Morgan fingerprint density at radius 3 is 1.94 bits per heavy atom. The number of H-pyrrole nitrogens is 2. The molecule has 34 heavy (non-hydrogen) atoms. The lowest BCUT2D eigenvalue weighted by atomic mass is 9.84. The second-order valence-electron chi connectivity index (χ2n) is 7.78. The molecular weight excluding hydrogens is 440 g/mol. The van der Waals surface area contributed by atoms with E-state index in [2.05, 4.69) is 19.9 Å². The zero-order valence-electron chi connectivity index (χ0n) is 17.4. The molecule has 0 saturated heterocycles. The molecule has 1 aliphatic heterocycles. The summed E-state index contributed by atoms with van der Waals surface area (Å²) in [7, 11) is 0. The Hall–Kier alpha value is -4.86. The van der Waals surface area contributed by atoms with Gasteiger partial charge < -0.3 is 29.7 Å². The van der Waals surface area contributed by atoms with Crippen LogP contribution in [0.15, 0.2) is 64.4 Å². The van der Waals surface area contributed by atoms with Crippen LogP contribution in [0.1, 0.15) is 22.6 Å². The van der Waals surface area contributed by atoms with Gasteiger partial charge in [0.1, 0.15) is 22.8 Å². The zero-order valence-corrected chi connectivity index (χ0v) is 17.4.